The molecule has 0 N–H and O–H groups in total. The monoisotopic (exact) mass is 372 g/mol. The maximum atomic E-state index is 6.08. The van der Waals surface area contributed by atoms with E-state index >= 15 is 0 Å². The molecule has 0 fully saturated rings. The molecule has 1 aromatic heterocycles. The Bertz CT molecular complexity index is 1110. The number of hydrogen-bond donors (Lipinski definition) is 0. The van der Waals surface area contributed by atoms with E-state index in [1.54, 1.807) is 0 Å². The number of nitrogens with zero attached hydrogens (tertiary/aromatic N) is 2. The van der Waals surface area contributed by atoms with Gasteiger partial charge < -0.3 is 14.0 Å². The molecule has 0 bridgehead atoms. The van der Waals surface area contributed by atoms with Crippen molar-refractivity contribution in [3.8, 4) is 17.2 Å². The maximum absolute atomic E-state index is 6.08. The maximum Gasteiger partial charge on any atom is 0.147 e. The lowest BCUT2D eigenvalue weighted by Gasteiger charge is -2.09. The van der Waals surface area contributed by atoms with Gasteiger partial charge in [-0.05, 0) is 68.3 Å². The van der Waals surface area contributed by atoms with Crippen LogP contribution in [0.5, 0.6) is 17.2 Å². The molecule has 1 heterocycles. The van der Waals surface area contributed by atoms with Crippen LogP contribution in [0.2, 0.25) is 0 Å². The quantitative estimate of drug-likeness (QED) is 0.439. The molecule has 0 unspecified atom stereocenters. The van der Waals surface area contributed by atoms with E-state index in [-0.39, 0.29) is 0 Å². The molecule has 28 heavy (non-hydrogen) atoms. The van der Waals surface area contributed by atoms with Crippen molar-refractivity contribution in [1.82, 2.24) is 9.55 Å². The van der Waals surface area contributed by atoms with Gasteiger partial charge in [-0.2, -0.15) is 0 Å². The second kappa shape index (κ2) is 7.39. The Kier molecular flexibility index (Phi) is 4.78. The number of rotatable bonds is 5. The van der Waals surface area contributed by atoms with Gasteiger partial charge in [0, 0.05) is 13.1 Å². The topological polar surface area (TPSA) is 36.3 Å². The number of fused-ring (bicyclic) bond motifs is 1. The van der Waals surface area contributed by atoms with Gasteiger partial charge in [0.15, 0.2) is 0 Å². The SMILES string of the molecule is Cc1ccc(OCc2nc3ccc(Oc4cc(C)cc(C)c4)cc3n2C)cc1. The fourth-order valence-electron chi connectivity index (χ4n) is 3.32. The van der Waals surface area contributed by atoms with Gasteiger partial charge >= 0.3 is 0 Å². The van der Waals surface area contributed by atoms with Crippen LogP contribution in [-0.2, 0) is 13.7 Å². The molecule has 0 spiro atoms. The number of aromatic nitrogens is 2. The zero-order valence-corrected chi connectivity index (χ0v) is 16.7. The minimum absolute atomic E-state index is 0.418. The molecule has 0 radical (unpaired) electrons. The second-order valence-corrected chi connectivity index (χ2v) is 7.26. The zero-order valence-electron chi connectivity index (χ0n) is 16.7. The van der Waals surface area contributed by atoms with Crippen LogP contribution in [0, 0.1) is 20.8 Å². The number of imidazole rings is 1. The van der Waals surface area contributed by atoms with Crippen LogP contribution in [-0.4, -0.2) is 9.55 Å². The highest BCUT2D eigenvalue weighted by molar-refractivity contribution is 5.77. The van der Waals surface area contributed by atoms with Crippen LogP contribution in [0.1, 0.15) is 22.5 Å². The lowest BCUT2D eigenvalue weighted by atomic mass is 10.1. The lowest BCUT2D eigenvalue weighted by Crippen LogP contribution is -2.03. The normalized spacial score (nSPS) is 11.0. The molecule has 4 nitrogen and oxygen atoms in total. The third-order valence-corrected chi connectivity index (χ3v) is 4.76. The van der Waals surface area contributed by atoms with Gasteiger partial charge in [-0.15, -0.1) is 0 Å². The van der Waals surface area contributed by atoms with Crippen LogP contribution < -0.4 is 9.47 Å². The van der Waals surface area contributed by atoms with Crippen molar-refractivity contribution in [2.75, 3.05) is 0 Å². The summed E-state index contributed by atoms with van der Waals surface area (Å²) in [6.07, 6.45) is 0. The third kappa shape index (κ3) is 3.86. The lowest BCUT2D eigenvalue weighted by molar-refractivity contribution is 0.292. The minimum Gasteiger partial charge on any atom is -0.486 e. The molecule has 142 valence electrons. The summed E-state index contributed by atoms with van der Waals surface area (Å²) in [7, 11) is 2.00. The molecule has 4 aromatic rings. The molecule has 4 rings (SSSR count). The summed E-state index contributed by atoms with van der Waals surface area (Å²) >= 11 is 0. The Labute approximate surface area is 165 Å². The van der Waals surface area contributed by atoms with Crippen molar-refractivity contribution >= 4 is 11.0 Å². The highest BCUT2D eigenvalue weighted by Crippen LogP contribution is 2.27. The first-order chi connectivity index (χ1) is 13.5. The first-order valence-corrected chi connectivity index (χ1v) is 9.39. The van der Waals surface area contributed by atoms with E-state index in [1.807, 2.05) is 61.6 Å². The Balaban J connectivity index is 1.56. The Morgan fingerprint density at radius 2 is 1.43 bits per heavy atom. The molecule has 0 aliphatic rings. The van der Waals surface area contributed by atoms with Gasteiger partial charge in [0.2, 0.25) is 0 Å². The predicted molar refractivity (Wildman–Crippen MR) is 112 cm³/mol. The van der Waals surface area contributed by atoms with E-state index in [2.05, 4.69) is 31.4 Å². The van der Waals surface area contributed by atoms with Crippen molar-refractivity contribution in [3.05, 3.63) is 83.2 Å². The zero-order chi connectivity index (χ0) is 19.7. The van der Waals surface area contributed by atoms with E-state index in [0.717, 1.165) is 34.1 Å². The summed E-state index contributed by atoms with van der Waals surface area (Å²) in [5.74, 6) is 3.36. The fourth-order valence-corrected chi connectivity index (χ4v) is 3.32. The predicted octanol–water partition coefficient (Wildman–Crippen LogP) is 5.87. The van der Waals surface area contributed by atoms with E-state index < -0.39 is 0 Å². The number of hydrogen-bond acceptors (Lipinski definition) is 3. The number of benzene rings is 3. The highest BCUT2D eigenvalue weighted by Gasteiger charge is 2.10. The summed E-state index contributed by atoms with van der Waals surface area (Å²) in [5.41, 5.74) is 5.54. The molecule has 4 heteroatoms. The van der Waals surface area contributed by atoms with Crippen LogP contribution in [0.15, 0.2) is 60.7 Å². The molecule has 3 aromatic carbocycles. The first-order valence-electron chi connectivity index (χ1n) is 9.39. The minimum atomic E-state index is 0.418. The van der Waals surface area contributed by atoms with Gasteiger partial charge in [0.25, 0.3) is 0 Å². The summed E-state index contributed by atoms with van der Waals surface area (Å²) < 4.78 is 14.0. The Morgan fingerprint density at radius 3 is 2.14 bits per heavy atom. The van der Waals surface area contributed by atoms with Crippen molar-refractivity contribution in [2.24, 2.45) is 7.05 Å². The van der Waals surface area contributed by atoms with Crippen molar-refractivity contribution in [1.29, 1.82) is 0 Å². The van der Waals surface area contributed by atoms with Crippen molar-refractivity contribution < 1.29 is 9.47 Å². The molecule has 0 aliphatic carbocycles. The molecule has 0 atom stereocenters. The number of aryl methyl sites for hydroxylation is 4. The summed E-state index contributed by atoms with van der Waals surface area (Å²) in [5, 5.41) is 0. The third-order valence-electron chi connectivity index (χ3n) is 4.76. The summed E-state index contributed by atoms with van der Waals surface area (Å²) in [4.78, 5) is 4.70. The van der Waals surface area contributed by atoms with Crippen LogP contribution in [0.25, 0.3) is 11.0 Å². The van der Waals surface area contributed by atoms with Gasteiger partial charge in [-0.25, -0.2) is 4.98 Å². The average Bonchev–Trinajstić information content (AvgIpc) is 2.96. The van der Waals surface area contributed by atoms with E-state index in [4.69, 9.17) is 14.5 Å². The number of ether oxygens (including phenoxy) is 2. The smallest absolute Gasteiger partial charge is 0.147 e. The second-order valence-electron chi connectivity index (χ2n) is 7.26. The van der Waals surface area contributed by atoms with Crippen molar-refractivity contribution in [3.63, 3.8) is 0 Å². The van der Waals surface area contributed by atoms with Crippen LogP contribution >= 0.6 is 0 Å². The van der Waals surface area contributed by atoms with E-state index in [9.17, 15) is 0 Å². The van der Waals surface area contributed by atoms with Gasteiger partial charge in [-0.3, -0.25) is 0 Å². The largest absolute Gasteiger partial charge is 0.486 e. The summed E-state index contributed by atoms with van der Waals surface area (Å²) in [6.45, 7) is 6.63. The molecule has 0 aliphatic heterocycles. The van der Waals surface area contributed by atoms with E-state index in [0.29, 0.717) is 6.61 Å². The molecule has 0 saturated heterocycles. The van der Waals surface area contributed by atoms with E-state index in [1.165, 1.54) is 16.7 Å². The molecular formula is C24H24N2O2. The van der Waals surface area contributed by atoms with Crippen LogP contribution in [0.3, 0.4) is 0 Å². The van der Waals surface area contributed by atoms with Gasteiger partial charge in [0.1, 0.15) is 29.7 Å². The fraction of sp³-hybridized carbons (Fsp3) is 0.208. The molecular weight excluding hydrogens is 348 g/mol. The highest BCUT2D eigenvalue weighted by atomic mass is 16.5. The molecule has 0 saturated carbocycles. The Morgan fingerprint density at radius 1 is 0.750 bits per heavy atom. The molecule has 0 amide bonds. The van der Waals surface area contributed by atoms with Crippen molar-refractivity contribution in [2.45, 2.75) is 27.4 Å². The Hall–Kier alpha value is -3.27. The van der Waals surface area contributed by atoms with Gasteiger partial charge in [-0.1, -0.05) is 23.8 Å². The average molecular weight is 372 g/mol. The standard InChI is InChI=1S/C24H24N2O2/c1-16-5-7-19(8-6-16)27-15-24-25-22-10-9-20(14-23(22)26(24)4)28-21-12-17(2)11-18(3)13-21/h5-14H,15H2,1-4H3. The summed E-state index contributed by atoms with van der Waals surface area (Å²) in [6, 6.07) is 20.2. The van der Waals surface area contributed by atoms with Gasteiger partial charge in [0.05, 0.1) is 11.0 Å². The van der Waals surface area contributed by atoms with Crippen LogP contribution in [0.4, 0.5) is 0 Å². The first kappa shape index (κ1) is 18.1.